The van der Waals surface area contributed by atoms with Crippen LogP contribution in [0.1, 0.15) is 26.7 Å². The average molecular weight is 327 g/mol. The molecule has 0 amide bonds. The van der Waals surface area contributed by atoms with Crippen LogP contribution < -0.4 is 15.0 Å². The average Bonchev–Trinajstić information content (AvgIpc) is 2.39. The molecule has 1 heterocycles. The van der Waals surface area contributed by atoms with Crippen molar-refractivity contribution in [2.45, 2.75) is 38.8 Å². The zero-order valence-electron chi connectivity index (χ0n) is 11.9. The summed E-state index contributed by atoms with van der Waals surface area (Å²) in [5.74, 6) is 0.888. The van der Waals surface area contributed by atoms with Crippen LogP contribution in [-0.2, 0) is 0 Å². The minimum atomic E-state index is 0.568. The van der Waals surface area contributed by atoms with E-state index in [4.69, 9.17) is 4.74 Å². The van der Waals surface area contributed by atoms with Crippen molar-refractivity contribution in [2.75, 3.05) is 25.1 Å². The number of rotatable bonds is 4. The Morgan fingerprint density at radius 3 is 2.84 bits per heavy atom. The largest absolute Gasteiger partial charge is 0.496 e. The SMILES string of the molecule is CCNC1CCN(c2ccc(OC)c(Br)c2)C(C)C1. The standard InChI is InChI=1S/C15H23BrN2O/c1-4-17-12-7-8-18(11(2)9-12)13-5-6-15(19-3)14(16)10-13/h5-6,10-12,17H,4,7-9H2,1-3H3. The van der Waals surface area contributed by atoms with E-state index in [1.807, 2.05) is 6.07 Å². The van der Waals surface area contributed by atoms with Crippen molar-refractivity contribution in [3.63, 3.8) is 0 Å². The molecule has 2 atom stereocenters. The molecule has 1 saturated heterocycles. The molecule has 2 rings (SSSR count). The van der Waals surface area contributed by atoms with E-state index in [1.165, 1.54) is 18.5 Å². The van der Waals surface area contributed by atoms with Gasteiger partial charge in [0.25, 0.3) is 0 Å². The normalized spacial score (nSPS) is 23.5. The molecule has 0 bridgehead atoms. The summed E-state index contributed by atoms with van der Waals surface area (Å²) in [6.07, 6.45) is 2.42. The van der Waals surface area contributed by atoms with E-state index in [-0.39, 0.29) is 0 Å². The lowest BCUT2D eigenvalue weighted by atomic mass is 9.97. The van der Waals surface area contributed by atoms with Crippen LogP contribution in [-0.4, -0.2) is 32.3 Å². The first kappa shape index (κ1) is 14.7. The molecule has 106 valence electrons. The molecule has 1 aromatic carbocycles. The van der Waals surface area contributed by atoms with Gasteiger partial charge in [0, 0.05) is 24.3 Å². The molecule has 0 spiro atoms. The van der Waals surface area contributed by atoms with Gasteiger partial charge in [-0.25, -0.2) is 0 Å². The quantitative estimate of drug-likeness (QED) is 0.917. The number of methoxy groups -OCH3 is 1. The van der Waals surface area contributed by atoms with Crippen molar-refractivity contribution in [1.82, 2.24) is 5.32 Å². The fourth-order valence-corrected chi connectivity index (χ4v) is 3.39. The van der Waals surface area contributed by atoms with Gasteiger partial charge in [0.05, 0.1) is 11.6 Å². The van der Waals surface area contributed by atoms with E-state index >= 15 is 0 Å². The zero-order valence-corrected chi connectivity index (χ0v) is 13.5. The maximum Gasteiger partial charge on any atom is 0.133 e. The third kappa shape index (κ3) is 3.42. The molecule has 1 N–H and O–H groups in total. The molecule has 3 nitrogen and oxygen atoms in total. The zero-order chi connectivity index (χ0) is 13.8. The summed E-state index contributed by atoms with van der Waals surface area (Å²) in [7, 11) is 1.70. The van der Waals surface area contributed by atoms with Gasteiger partial charge in [0.2, 0.25) is 0 Å². The van der Waals surface area contributed by atoms with Gasteiger partial charge < -0.3 is 15.0 Å². The number of nitrogens with zero attached hydrogens (tertiary/aromatic N) is 1. The molecular weight excluding hydrogens is 304 g/mol. The van der Waals surface area contributed by atoms with Gasteiger partial charge in [0.15, 0.2) is 0 Å². The molecule has 2 unspecified atom stereocenters. The number of ether oxygens (including phenoxy) is 1. The fraction of sp³-hybridized carbons (Fsp3) is 0.600. The van der Waals surface area contributed by atoms with Crippen LogP contribution in [0, 0.1) is 0 Å². The first-order valence-electron chi connectivity index (χ1n) is 6.99. The van der Waals surface area contributed by atoms with Gasteiger partial charge in [-0.05, 0) is 60.4 Å². The molecule has 0 saturated carbocycles. The highest BCUT2D eigenvalue weighted by atomic mass is 79.9. The lowest BCUT2D eigenvalue weighted by Gasteiger charge is -2.39. The minimum Gasteiger partial charge on any atom is -0.496 e. The summed E-state index contributed by atoms with van der Waals surface area (Å²) in [5.41, 5.74) is 1.27. The summed E-state index contributed by atoms with van der Waals surface area (Å²) in [5, 5.41) is 3.56. The van der Waals surface area contributed by atoms with Crippen LogP contribution >= 0.6 is 15.9 Å². The second kappa shape index (κ2) is 6.62. The molecule has 1 fully saturated rings. The molecule has 1 aromatic rings. The molecule has 1 aliphatic rings. The highest BCUT2D eigenvalue weighted by Gasteiger charge is 2.25. The number of anilines is 1. The third-order valence-corrected chi connectivity index (χ3v) is 4.46. The first-order chi connectivity index (χ1) is 9.15. The van der Waals surface area contributed by atoms with Crippen LogP contribution in [0.5, 0.6) is 5.75 Å². The monoisotopic (exact) mass is 326 g/mol. The summed E-state index contributed by atoms with van der Waals surface area (Å²) in [4.78, 5) is 2.48. The Balaban J connectivity index is 2.08. The summed E-state index contributed by atoms with van der Waals surface area (Å²) >= 11 is 3.57. The number of nitrogens with one attached hydrogen (secondary N) is 1. The van der Waals surface area contributed by atoms with E-state index in [1.54, 1.807) is 7.11 Å². The fourth-order valence-electron chi connectivity index (χ4n) is 2.86. The molecule has 4 heteroatoms. The van der Waals surface area contributed by atoms with Gasteiger partial charge in [-0.3, -0.25) is 0 Å². The van der Waals surface area contributed by atoms with Gasteiger partial charge in [-0.1, -0.05) is 6.92 Å². The highest BCUT2D eigenvalue weighted by molar-refractivity contribution is 9.10. The topological polar surface area (TPSA) is 24.5 Å². The number of benzene rings is 1. The van der Waals surface area contributed by atoms with Crippen LogP contribution in [0.4, 0.5) is 5.69 Å². The second-order valence-electron chi connectivity index (χ2n) is 5.14. The van der Waals surface area contributed by atoms with Gasteiger partial charge >= 0.3 is 0 Å². The molecule has 0 radical (unpaired) electrons. The van der Waals surface area contributed by atoms with E-state index in [9.17, 15) is 0 Å². The van der Waals surface area contributed by atoms with Crippen molar-refractivity contribution in [2.24, 2.45) is 0 Å². The van der Waals surface area contributed by atoms with Crippen molar-refractivity contribution in [1.29, 1.82) is 0 Å². The van der Waals surface area contributed by atoms with Gasteiger partial charge in [-0.15, -0.1) is 0 Å². The van der Waals surface area contributed by atoms with Crippen molar-refractivity contribution < 1.29 is 4.74 Å². The number of hydrogen-bond acceptors (Lipinski definition) is 3. The maximum atomic E-state index is 5.29. The number of hydrogen-bond donors (Lipinski definition) is 1. The Bertz CT molecular complexity index is 425. The smallest absolute Gasteiger partial charge is 0.133 e. The lowest BCUT2D eigenvalue weighted by molar-refractivity contribution is 0.373. The third-order valence-electron chi connectivity index (χ3n) is 3.84. The van der Waals surface area contributed by atoms with Gasteiger partial charge in [0.1, 0.15) is 5.75 Å². The van der Waals surface area contributed by atoms with Crippen LogP contribution in [0.2, 0.25) is 0 Å². The van der Waals surface area contributed by atoms with Crippen molar-refractivity contribution >= 4 is 21.6 Å². The molecule has 19 heavy (non-hydrogen) atoms. The number of piperidine rings is 1. The van der Waals surface area contributed by atoms with Gasteiger partial charge in [-0.2, -0.15) is 0 Å². The predicted molar refractivity (Wildman–Crippen MR) is 84.2 cm³/mol. The Kier molecular flexibility index (Phi) is 5.11. The summed E-state index contributed by atoms with van der Waals surface area (Å²) < 4.78 is 6.31. The Morgan fingerprint density at radius 1 is 1.47 bits per heavy atom. The van der Waals surface area contributed by atoms with E-state index in [0.717, 1.165) is 23.3 Å². The first-order valence-corrected chi connectivity index (χ1v) is 7.78. The maximum absolute atomic E-state index is 5.29. The predicted octanol–water partition coefficient (Wildman–Crippen LogP) is 3.42. The van der Waals surface area contributed by atoms with Crippen LogP contribution in [0.3, 0.4) is 0 Å². The second-order valence-corrected chi connectivity index (χ2v) is 5.99. The number of halogens is 1. The Morgan fingerprint density at radius 2 is 2.26 bits per heavy atom. The molecule has 1 aliphatic heterocycles. The summed E-state index contributed by atoms with van der Waals surface area (Å²) in [6, 6.07) is 7.56. The van der Waals surface area contributed by atoms with Crippen molar-refractivity contribution in [3.05, 3.63) is 22.7 Å². The summed E-state index contributed by atoms with van der Waals surface area (Å²) in [6.45, 7) is 6.66. The van der Waals surface area contributed by atoms with Crippen LogP contribution in [0.25, 0.3) is 0 Å². The molecular formula is C15H23BrN2O. The van der Waals surface area contributed by atoms with E-state index in [0.29, 0.717) is 12.1 Å². The van der Waals surface area contributed by atoms with Crippen LogP contribution in [0.15, 0.2) is 22.7 Å². The molecule has 0 aliphatic carbocycles. The molecule has 0 aromatic heterocycles. The van der Waals surface area contributed by atoms with E-state index in [2.05, 4.69) is 52.1 Å². The van der Waals surface area contributed by atoms with Crippen molar-refractivity contribution in [3.8, 4) is 5.75 Å². The Hall–Kier alpha value is -0.740. The minimum absolute atomic E-state index is 0.568. The lowest BCUT2D eigenvalue weighted by Crippen LogP contribution is -2.47. The van der Waals surface area contributed by atoms with E-state index < -0.39 is 0 Å². The Labute approximate surface area is 124 Å². The highest BCUT2D eigenvalue weighted by Crippen LogP contribution is 2.32.